The predicted molar refractivity (Wildman–Crippen MR) is 231 cm³/mol. The van der Waals surface area contributed by atoms with Gasteiger partial charge < -0.3 is 9.32 Å². The number of rotatable bonds is 5. The van der Waals surface area contributed by atoms with E-state index in [4.69, 9.17) is 4.42 Å². The maximum Gasteiger partial charge on any atom is 0.145 e. The Labute approximate surface area is 324 Å². The van der Waals surface area contributed by atoms with Crippen molar-refractivity contribution in [3.8, 4) is 22.3 Å². The Balaban J connectivity index is 1.21. The smallest absolute Gasteiger partial charge is 0.145 e. The minimum atomic E-state index is -0.000137. The summed E-state index contributed by atoms with van der Waals surface area (Å²) in [4.78, 5) is 2.51. The molecule has 0 radical (unpaired) electrons. The first-order valence-corrected chi connectivity index (χ1v) is 19.5. The lowest BCUT2D eigenvalue weighted by atomic mass is 9.78. The van der Waals surface area contributed by atoms with E-state index in [-0.39, 0.29) is 10.8 Å². The molecule has 55 heavy (non-hydrogen) atoms. The third-order valence-electron chi connectivity index (χ3n) is 12.1. The fraction of sp³-hybridized carbons (Fsp3) is 0.170. The van der Waals surface area contributed by atoms with Crippen LogP contribution in [0, 0.1) is 12.1 Å². The molecule has 0 unspecified atom stereocenters. The van der Waals surface area contributed by atoms with Crippen molar-refractivity contribution >= 4 is 49.7 Å². The van der Waals surface area contributed by atoms with Gasteiger partial charge in [-0.1, -0.05) is 162 Å². The number of anilines is 2. The van der Waals surface area contributed by atoms with Crippen LogP contribution in [0.5, 0.6) is 0 Å². The Bertz CT molecular complexity index is 2860. The molecule has 2 aliphatic carbocycles. The fourth-order valence-electron chi connectivity index (χ4n) is 9.19. The van der Waals surface area contributed by atoms with Gasteiger partial charge in [0.25, 0.3) is 0 Å². The molecule has 10 rings (SSSR count). The van der Waals surface area contributed by atoms with Crippen LogP contribution in [-0.4, -0.2) is 0 Å². The topological polar surface area (TPSA) is 16.4 Å². The molecule has 0 fully saturated rings. The van der Waals surface area contributed by atoms with Crippen LogP contribution < -0.4 is 4.90 Å². The van der Waals surface area contributed by atoms with Crippen molar-refractivity contribution in [2.24, 2.45) is 0 Å². The van der Waals surface area contributed by atoms with Gasteiger partial charge >= 0.3 is 0 Å². The Kier molecular flexibility index (Phi) is 7.49. The number of hydrogen-bond donors (Lipinski definition) is 0. The third-order valence-corrected chi connectivity index (χ3v) is 12.1. The average Bonchev–Trinajstić information content (AvgIpc) is 3.70. The second-order valence-electron chi connectivity index (χ2n) is 16.7. The van der Waals surface area contributed by atoms with E-state index in [2.05, 4.69) is 179 Å². The molecule has 1 aromatic heterocycles. The van der Waals surface area contributed by atoms with E-state index in [1.54, 1.807) is 0 Å². The van der Waals surface area contributed by atoms with Crippen LogP contribution >= 0.6 is 0 Å². The van der Waals surface area contributed by atoms with Crippen LogP contribution in [0.25, 0.3) is 60.5 Å². The minimum absolute atomic E-state index is 0.000137. The highest BCUT2D eigenvalue weighted by molar-refractivity contribution is 6.17. The lowest BCUT2D eigenvalue weighted by Crippen LogP contribution is -2.22. The molecule has 0 atom stereocenters. The summed E-state index contributed by atoms with van der Waals surface area (Å²) in [5, 5.41) is 4.51. The molecule has 2 aliphatic rings. The molecular weight excluding hydrogens is 667 g/mol. The maximum atomic E-state index is 6.43. The number of nitrogens with zero attached hydrogens (tertiary/aromatic N) is 1. The molecule has 266 valence electrons. The molecule has 0 aliphatic heterocycles. The fourth-order valence-corrected chi connectivity index (χ4v) is 9.19. The largest absolute Gasteiger partial charge is 0.455 e. The molecule has 0 saturated carbocycles. The SMILES string of the molecule is CC(C)(C)c1ccc(-c2ccc(N(C3=CC4=C(CC3)C(C)(C)c3ccccc34)c3ccc4ccccc4c3-c3c#ccc4oc5ccccc5c34)cc2)cc1. The quantitative estimate of drug-likeness (QED) is 0.177. The summed E-state index contributed by atoms with van der Waals surface area (Å²) in [7, 11) is 0. The molecule has 8 aromatic rings. The summed E-state index contributed by atoms with van der Waals surface area (Å²) < 4.78 is 6.43. The van der Waals surface area contributed by atoms with Gasteiger partial charge in [0, 0.05) is 44.8 Å². The summed E-state index contributed by atoms with van der Waals surface area (Å²) >= 11 is 0. The van der Waals surface area contributed by atoms with Crippen LogP contribution in [0.1, 0.15) is 64.2 Å². The lowest BCUT2D eigenvalue weighted by Gasteiger charge is -2.34. The molecular formula is C53H43NO. The van der Waals surface area contributed by atoms with Gasteiger partial charge in [0.1, 0.15) is 11.2 Å². The number of hydrogen-bond acceptors (Lipinski definition) is 2. The molecule has 2 nitrogen and oxygen atoms in total. The molecule has 0 spiro atoms. The van der Waals surface area contributed by atoms with E-state index in [0.717, 1.165) is 57.3 Å². The van der Waals surface area contributed by atoms with Gasteiger partial charge in [0.15, 0.2) is 0 Å². The van der Waals surface area contributed by atoms with Gasteiger partial charge in [-0.3, -0.25) is 0 Å². The van der Waals surface area contributed by atoms with E-state index in [1.807, 2.05) is 18.2 Å². The summed E-state index contributed by atoms with van der Waals surface area (Å²) in [6, 6.07) is 57.7. The molecule has 0 amide bonds. The van der Waals surface area contributed by atoms with E-state index >= 15 is 0 Å². The monoisotopic (exact) mass is 709 g/mol. The predicted octanol–water partition coefficient (Wildman–Crippen LogP) is 14.5. The Morgan fingerprint density at radius 3 is 2.15 bits per heavy atom. The van der Waals surface area contributed by atoms with Gasteiger partial charge in [0.2, 0.25) is 0 Å². The maximum absolute atomic E-state index is 6.43. The molecule has 0 N–H and O–H groups in total. The summed E-state index contributed by atoms with van der Waals surface area (Å²) in [5.41, 5.74) is 16.9. The van der Waals surface area contributed by atoms with Crippen LogP contribution in [0.3, 0.4) is 0 Å². The second-order valence-corrected chi connectivity index (χ2v) is 16.7. The first-order chi connectivity index (χ1) is 26.7. The van der Waals surface area contributed by atoms with Gasteiger partial charge in [-0.15, -0.1) is 0 Å². The summed E-state index contributed by atoms with van der Waals surface area (Å²) in [6.45, 7) is 11.6. The van der Waals surface area contributed by atoms with Crippen LogP contribution in [0.15, 0.2) is 161 Å². The number of benzene rings is 6. The second kappa shape index (κ2) is 12.4. The van der Waals surface area contributed by atoms with Crippen molar-refractivity contribution in [3.05, 3.63) is 186 Å². The van der Waals surface area contributed by atoms with Crippen molar-refractivity contribution in [1.82, 2.24) is 0 Å². The molecule has 2 heteroatoms. The number of furan rings is 1. The van der Waals surface area contributed by atoms with Gasteiger partial charge in [-0.2, -0.15) is 0 Å². The van der Waals surface area contributed by atoms with Crippen molar-refractivity contribution in [2.45, 2.75) is 58.3 Å². The zero-order valence-electron chi connectivity index (χ0n) is 32.1. The van der Waals surface area contributed by atoms with Crippen molar-refractivity contribution in [2.75, 3.05) is 4.90 Å². The number of para-hydroxylation sites is 1. The Morgan fingerprint density at radius 1 is 0.673 bits per heavy atom. The highest BCUT2D eigenvalue weighted by Gasteiger charge is 2.39. The summed E-state index contributed by atoms with van der Waals surface area (Å²) in [5.74, 6) is 0. The van der Waals surface area contributed by atoms with E-state index < -0.39 is 0 Å². The summed E-state index contributed by atoms with van der Waals surface area (Å²) in [6.07, 6.45) is 4.41. The molecule has 0 bridgehead atoms. The van der Waals surface area contributed by atoms with Gasteiger partial charge in [-0.25, -0.2) is 0 Å². The standard InChI is InChI=1S/C53H43NO/c1-52(2,3)37-26-21-34(22-27-37)35-23-28-38(29-24-35)54(39-30-31-46-44(33-39)41-15-8-10-18-45(41)53(46,4)5)47-32-25-36-13-6-7-14-40(36)50(47)43-17-12-20-49-51(43)42-16-9-11-19-48(42)55-49/h6-11,13-16,18-29,32-33H,30-31H2,1-5H3. The minimum Gasteiger partial charge on any atom is -0.455 e. The third kappa shape index (κ3) is 5.33. The number of allylic oxidation sites excluding steroid dienone is 4. The van der Waals surface area contributed by atoms with Crippen LogP contribution in [0.4, 0.5) is 11.4 Å². The highest BCUT2D eigenvalue weighted by atomic mass is 16.3. The Morgan fingerprint density at radius 2 is 1.36 bits per heavy atom. The Hall–Kier alpha value is -6.30. The first kappa shape index (κ1) is 33.3. The first-order valence-electron chi connectivity index (χ1n) is 19.5. The molecule has 1 heterocycles. The van der Waals surface area contributed by atoms with Crippen LogP contribution in [0.2, 0.25) is 0 Å². The van der Waals surface area contributed by atoms with E-state index in [0.29, 0.717) is 0 Å². The van der Waals surface area contributed by atoms with Gasteiger partial charge in [0.05, 0.1) is 5.69 Å². The molecule has 0 saturated heterocycles. The average molecular weight is 710 g/mol. The van der Waals surface area contributed by atoms with E-state index in [9.17, 15) is 0 Å². The highest BCUT2D eigenvalue weighted by Crippen LogP contribution is 2.53. The van der Waals surface area contributed by atoms with E-state index in [1.165, 1.54) is 55.4 Å². The van der Waals surface area contributed by atoms with Crippen molar-refractivity contribution < 1.29 is 4.42 Å². The zero-order chi connectivity index (χ0) is 37.5. The molecule has 7 aromatic carbocycles. The normalized spacial score (nSPS) is 14.9. The zero-order valence-corrected chi connectivity index (χ0v) is 32.1. The van der Waals surface area contributed by atoms with Crippen LogP contribution in [-0.2, 0) is 10.8 Å². The van der Waals surface area contributed by atoms with Crippen molar-refractivity contribution in [3.63, 3.8) is 0 Å². The lowest BCUT2D eigenvalue weighted by molar-refractivity contribution is 0.590. The van der Waals surface area contributed by atoms with Crippen molar-refractivity contribution in [1.29, 1.82) is 0 Å². The van der Waals surface area contributed by atoms with Gasteiger partial charge in [-0.05, 0) is 92.8 Å². The number of fused-ring (bicyclic) bond motifs is 6.